The van der Waals surface area contributed by atoms with Crippen LogP contribution in [0.2, 0.25) is 0 Å². The van der Waals surface area contributed by atoms with Gasteiger partial charge in [-0.05, 0) is 60.3 Å². The molecule has 2 rings (SSSR count). The van der Waals surface area contributed by atoms with Crippen LogP contribution in [0.4, 0.5) is 4.79 Å². The number of carbonyl (C=O) groups is 3. The number of rotatable bonds is 2. The summed E-state index contributed by atoms with van der Waals surface area (Å²) in [5.41, 5.74) is -0.871. The van der Waals surface area contributed by atoms with Crippen molar-refractivity contribution in [3.8, 4) is 0 Å². The number of carbonyl (C=O) groups excluding carboxylic acids is 2. The Morgan fingerprint density at radius 3 is 2.28 bits per heavy atom. The van der Waals surface area contributed by atoms with Crippen LogP contribution in [-0.2, 0) is 14.3 Å². The number of piperidine rings is 1. The van der Waals surface area contributed by atoms with Gasteiger partial charge in [-0.25, -0.2) is 9.59 Å². The third-order valence-corrected chi connectivity index (χ3v) is 5.03. The molecule has 2 heterocycles. The van der Waals surface area contributed by atoms with Crippen molar-refractivity contribution in [3.05, 3.63) is 0 Å². The van der Waals surface area contributed by atoms with Crippen molar-refractivity contribution in [1.82, 2.24) is 9.80 Å². The summed E-state index contributed by atoms with van der Waals surface area (Å²) >= 11 is 0. The fraction of sp³-hybridized carbons (Fsp3) is 0.833. The fourth-order valence-corrected chi connectivity index (χ4v) is 3.70. The highest BCUT2D eigenvalue weighted by Crippen LogP contribution is 2.33. The highest BCUT2D eigenvalue weighted by atomic mass is 16.6. The maximum Gasteiger partial charge on any atom is 0.411 e. The zero-order valence-corrected chi connectivity index (χ0v) is 15.9. The third kappa shape index (κ3) is 4.44. The van der Waals surface area contributed by atoms with Crippen LogP contribution in [0.1, 0.15) is 60.3 Å². The van der Waals surface area contributed by atoms with Crippen molar-refractivity contribution in [2.45, 2.75) is 77.5 Å². The standard InChI is InChI=1S/C18H30N2O5/c1-17(2,3)25-16(24)19-10-7-12(11-13(19)15(22)23)14(21)20-9-6-8-18(20,4)5/h12-13H,6-11H2,1-5H3,(H,22,23)/t12-,13+/m0/s1. The molecular weight excluding hydrogens is 324 g/mol. The molecule has 2 saturated heterocycles. The van der Waals surface area contributed by atoms with Crippen molar-refractivity contribution in [2.24, 2.45) is 5.92 Å². The lowest BCUT2D eigenvalue weighted by Gasteiger charge is -2.40. The summed E-state index contributed by atoms with van der Waals surface area (Å²) in [5.74, 6) is -1.45. The van der Waals surface area contributed by atoms with Gasteiger partial charge >= 0.3 is 12.1 Å². The number of likely N-dealkylation sites (tertiary alicyclic amines) is 2. The molecule has 0 bridgehead atoms. The normalized spacial score (nSPS) is 26.4. The van der Waals surface area contributed by atoms with Gasteiger partial charge in [0.2, 0.25) is 5.91 Å². The molecule has 2 atom stereocenters. The summed E-state index contributed by atoms with van der Waals surface area (Å²) in [4.78, 5) is 40.0. The Morgan fingerprint density at radius 1 is 1.16 bits per heavy atom. The van der Waals surface area contributed by atoms with Crippen LogP contribution in [0.15, 0.2) is 0 Å². The molecule has 2 aliphatic heterocycles. The van der Waals surface area contributed by atoms with Crippen LogP contribution in [0.3, 0.4) is 0 Å². The molecule has 142 valence electrons. The maximum absolute atomic E-state index is 12.9. The minimum absolute atomic E-state index is 0.0117. The number of hydrogen-bond acceptors (Lipinski definition) is 4. The van der Waals surface area contributed by atoms with E-state index in [9.17, 15) is 19.5 Å². The second kappa shape index (κ2) is 6.84. The summed E-state index contributed by atoms with van der Waals surface area (Å²) in [5, 5.41) is 9.55. The molecule has 0 spiro atoms. The Labute approximate surface area is 149 Å². The van der Waals surface area contributed by atoms with Crippen LogP contribution in [0, 0.1) is 5.92 Å². The van der Waals surface area contributed by atoms with Gasteiger partial charge < -0.3 is 14.7 Å². The molecule has 2 amide bonds. The predicted molar refractivity (Wildman–Crippen MR) is 92.1 cm³/mol. The van der Waals surface area contributed by atoms with Gasteiger partial charge in [0, 0.05) is 24.5 Å². The van der Waals surface area contributed by atoms with E-state index in [1.807, 2.05) is 18.7 Å². The number of amides is 2. The van der Waals surface area contributed by atoms with Crippen molar-refractivity contribution in [2.75, 3.05) is 13.1 Å². The van der Waals surface area contributed by atoms with Gasteiger partial charge in [0.15, 0.2) is 0 Å². The van der Waals surface area contributed by atoms with Gasteiger partial charge in [-0.1, -0.05) is 0 Å². The van der Waals surface area contributed by atoms with E-state index in [1.165, 1.54) is 4.90 Å². The molecule has 0 unspecified atom stereocenters. The fourth-order valence-electron chi connectivity index (χ4n) is 3.70. The Morgan fingerprint density at radius 2 is 1.80 bits per heavy atom. The minimum atomic E-state index is -1.09. The monoisotopic (exact) mass is 354 g/mol. The van der Waals surface area contributed by atoms with E-state index in [4.69, 9.17) is 4.74 Å². The molecule has 0 aliphatic carbocycles. The second-order valence-corrected chi connectivity index (χ2v) is 8.65. The van der Waals surface area contributed by atoms with Crippen LogP contribution < -0.4 is 0 Å². The zero-order chi connectivity index (χ0) is 19.0. The van der Waals surface area contributed by atoms with Crippen LogP contribution in [0.5, 0.6) is 0 Å². The molecule has 0 saturated carbocycles. The molecule has 7 heteroatoms. The first-order chi connectivity index (χ1) is 11.4. The lowest BCUT2D eigenvalue weighted by Crippen LogP contribution is -2.55. The Balaban J connectivity index is 2.09. The van der Waals surface area contributed by atoms with Crippen molar-refractivity contribution in [3.63, 3.8) is 0 Å². The quantitative estimate of drug-likeness (QED) is 0.823. The predicted octanol–water partition coefficient (Wildman–Crippen LogP) is 2.49. The topological polar surface area (TPSA) is 87.2 Å². The Kier molecular flexibility index (Phi) is 5.35. The average molecular weight is 354 g/mol. The zero-order valence-electron chi connectivity index (χ0n) is 15.9. The van der Waals surface area contributed by atoms with E-state index in [0.717, 1.165) is 19.4 Å². The summed E-state index contributed by atoms with van der Waals surface area (Å²) in [6.45, 7) is 10.3. The minimum Gasteiger partial charge on any atom is -0.480 e. The summed E-state index contributed by atoms with van der Waals surface area (Å²) in [7, 11) is 0. The average Bonchev–Trinajstić information content (AvgIpc) is 2.83. The summed E-state index contributed by atoms with van der Waals surface area (Å²) in [6.07, 6.45) is 1.90. The third-order valence-electron chi connectivity index (χ3n) is 5.03. The Bertz CT molecular complexity index is 552. The first kappa shape index (κ1) is 19.5. The number of aliphatic carboxylic acids is 1. The molecule has 0 radical (unpaired) electrons. The highest BCUT2D eigenvalue weighted by Gasteiger charge is 2.44. The SMILES string of the molecule is CC(C)(C)OC(=O)N1CC[C@H](C(=O)N2CCCC2(C)C)C[C@@H]1C(=O)O. The van der Waals surface area contributed by atoms with E-state index in [2.05, 4.69) is 0 Å². The molecule has 0 aromatic rings. The van der Waals surface area contributed by atoms with E-state index in [1.54, 1.807) is 20.8 Å². The van der Waals surface area contributed by atoms with Crippen molar-refractivity contribution >= 4 is 18.0 Å². The molecule has 0 aromatic carbocycles. The maximum atomic E-state index is 12.9. The summed E-state index contributed by atoms with van der Waals surface area (Å²) in [6, 6.07) is -1.02. The molecular formula is C18H30N2O5. The number of carboxylic acids is 1. The molecule has 0 aromatic heterocycles. The van der Waals surface area contributed by atoms with Gasteiger partial charge in [0.25, 0.3) is 0 Å². The van der Waals surface area contributed by atoms with Crippen LogP contribution >= 0.6 is 0 Å². The molecule has 2 aliphatic rings. The van der Waals surface area contributed by atoms with Gasteiger partial charge in [0.1, 0.15) is 11.6 Å². The van der Waals surface area contributed by atoms with Gasteiger partial charge in [-0.15, -0.1) is 0 Å². The largest absolute Gasteiger partial charge is 0.480 e. The van der Waals surface area contributed by atoms with Crippen LogP contribution in [-0.4, -0.2) is 63.1 Å². The number of nitrogens with zero attached hydrogens (tertiary/aromatic N) is 2. The first-order valence-electron chi connectivity index (χ1n) is 8.96. The lowest BCUT2D eigenvalue weighted by atomic mass is 9.88. The van der Waals surface area contributed by atoms with Crippen LogP contribution in [0.25, 0.3) is 0 Å². The molecule has 1 N–H and O–H groups in total. The van der Waals surface area contributed by atoms with E-state index < -0.39 is 23.7 Å². The summed E-state index contributed by atoms with van der Waals surface area (Å²) < 4.78 is 5.31. The first-order valence-corrected chi connectivity index (χ1v) is 8.96. The molecule has 25 heavy (non-hydrogen) atoms. The highest BCUT2D eigenvalue weighted by molar-refractivity contribution is 5.84. The van der Waals surface area contributed by atoms with Gasteiger partial charge in [-0.3, -0.25) is 9.69 Å². The lowest BCUT2D eigenvalue weighted by molar-refractivity contribution is -0.148. The van der Waals surface area contributed by atoms with E-state index >= 15 is 0 Å². The van der Waals surface area contributed by atoms with Gasteiger partial charge in [0.05, 0.1) is 0 Å². The van der Waals surface area contributed by atoms with Gasteiger partial charge in [-0.2, -0.15) is 0 Å². The van der Waals surface area contributed by atoms with E-state index in [-0.39, 0.29) is 30.3 Å². The number of ether oxygens (including phenoxy) is 1. The number of carboxylic acid groups (broad SMARTS) is 1. The Hall–Kier alpha value is -1.79. The smallest absolute Gasteiger partial charge is 0.411 e. The van der Waals surface area contributed by atoms with Crippen molar-refractivity contribution in [1.29, 1.82) is 0 Å². The number of hydrogen-bond donors (Lipinski definition) is 1. The second-order valence-electron chi connectivity index (χ2n) is 8.65. The van der Waals surface area contributed by atoms with E-state index in [0.29, 0.717) is 6.42 Å². The molecule has 7 nitrogen and oxygen atoms in total. The molecule has 2 fully saturated rings. The van der Waals surface area contributed by atoms with Crippen molar-refractivity contribution < 1.29 is 24.2 Å².